The molecule has 0 aromatic heterocycles. The SMILES string of the molecule is O=C(CCN1CCC(C(=O)NC2CC2)CC1)Nc1cccc([N+](=O)[O-])c1. The van der Waals surface area contributed by atoms with Crippen molar-refractivity contribution in [3.63, 3.8) is 0 Å². The van der Waals surface area contributed by atoms with Crippen molar-refractivity contribution in [2.24, 2.45) is 5.92 Å². The number of carbonyl (C=O) groups is 2. The highest BCUT2D eigenvalue weighted by Gasteiger charge is 2.29. The van der Waals surface area contributed by atoms with Gasteiger partial charge in [0, 0.05) is 42.7 Å². The van der Waals surface area contributed by atoms with Gasteiger partial charge in [0.1, 0.15) is 0 Å². The summed E-state index contributed by atoms with van der Waals surface area (Å²) in [7, 11) is 0. The molecule has 1 saturated carbocycles. The number of anilines is 1. The van der Waals surface area contributed by atoms with E-state index in [1.54, 1.807) is 12.1 Å². The Morgan fingerprint density at radius 1 is 1.19 bits per heavy atom. The monoisotopic (exact) mass is 360 g/mol. The van der Waals surface area contributed by atoms with Crippen LogP contribution in [0.4, 0.5) is 11.4 Å². The molecule has 1 aromatic carbocycles. The predicted octanol–water partition coefficient (Wildman–Crippen LogP) is 1.91. The molecule has 0 spiro atoms. The molecule has 8 heteroatoms. The van der Waals surface area contributed by atoms with Gasteiger partial charge >= 0.3 is 0 Å². The quantitative estimate of drug-likeness (QED) is 0.571. The molecule has 2 aliphatic rings. The van der Waals surface area contributed by atoms with Gasteiger partial charge in [0.2, 0.25) is 11.8 Å². The van der Waals surface area contributed by atoms with E-state index in [0.717, 1.165) is 38.8 Å². The molecule has 0 radical (unpaired) electrons. The molecule has 0 bridgehead atoms. The molecule has 1 saturated heterocycles. The van der Waals surface area contributed by atoms with Crippen LogP contribution in [0.2, 0.25) is 0 Å². The van der Waals surface area contributed by atoms with Crippen LogP contribution in [0.5, 0.6) is 0 Å². The normalized spacial score (nSPS) is 18.3. The highest BCUT2D eigenvalue weighted by Crippen LogP contribution is 2.23. The summed E-state index contributed by atoms with van der Waals surface area (Å²) in [4.78, 5) is 36.6. The molecule has 2 N–H and O–H groups in total. The summed E-state index contributed by atoms with van der Waals surface area (Å²) >= 11 is 0. The van der Waals surface area contributed by atoms with Crippen molar-refractivity contribution in [1.29, 1.82) is 0 Å². The maximum absolute atomic E-state index is 12.1. The fraction of sp³-hybridized carbons (Fsp3) is 0.556. The average Bonchev–Trinajstić information content (AvgIpc) is 3.44. The number of nitro groups is 1. The predicted molar refractivity (Wildman–Crippen MR) is 96.7 cm³/mol. The molecule has 1 aromatic rings. The second-order valence-corrected chi connectivity index (χ2v) is 7.00. The molecule has 140 valence electrons. The number of hydrogen-bond acceptors (Lipinski definition) is 5. The molecule has 2 amide bonds. The highest BCUT2D eigenvalue weighted by molar-refractivity contribution is 5.91. The Labute approximate surface area is 152 Å². The van der Waals surface area contributed by atoms with Gasteiger partial charge in [-0.1, -0.05) is 6.07 Å². The third kappa shape index (κ3) is 5.26. The number of carbonyl (C=O) groups excluding carboxylic acids is 2. The maximum atomic E-state index is 12.1. The second kappa shape index (κ2) is 8.27. The number of non-ortho nitro benzene ring substituents is 1. The Kier molecular flexibility index (Phi) is 5.82. The molecule has 26 heavy (non-hydrogen) atoms. The van der Waals surface area contributed by atoms with Crippen molar-refractivity contribution in [3.8, 4) is 0 Å². The first-order valence-electron chi connectivity index (χ1n) is 9.08. The van der Waals surface area contributed by atoms with Crippen molar-refractivity contribution in [3.05, 3.63) is 34.4 Å². The molecule has 0 atom stereocenters. The zero-order valence-corrected chi connectivity index (χ0v) is 14.6. The summed E-state index contributed by atoms with van der Waals surface area (Å²) in [6.07, 6.45) is 4.17. The van der Waals surface area contributed by atoms with Crippen LogP contribution in [0.1, 0.15) is 32.1 Å². The topological polar surface area (TPSA) is 105 Å². The summed E-state index contributed by atoms with van der Waals surface area (Å²) in [5.41, 5.74) is 0.383. The number of piperidine rings is 1. The summed E-state index contributed by atoms with van der Waals surface area (Å²) < 4.78 is 0. The fourth-order valence-electron chi connectivity index (χ4n) is 3.15. The smallest absolute Gasteiger partial charge is 0.271 e. The number of likely N-dealkylation sites (tertiary alicyclic amines) is 1. The lowest BCUT2D eigenvalue weighted by Gasteiger charge is -2.31. The van der Waals surface area contributed by atoms with Crippen LogP contribution in [0.15, 0.2) is 24.3 Å². The van der Waals surface area contributed by atoms with E-state index in [0.29, 0.717) is 24.7 Å². The first kappa shape index (κ1) is 18.3. The molecule has 1 heterocycles. The van der Waals surface area contributed by atoms with Crippen molar-refractivity contribution in [2.45, 2.75) is 38.1 Å². The minimum Gasteiger partial charge on any atom is -0.353 e. The van der Waals surface area contributed by atoms with Crippen LogP contribution in [0.3, 0.4) is 0 Å². The minimum atomic E-state index is -0.487. The lowest BCUT2D eigenvalue weighted by atomic mass is 9.96. The molecular weight excluding hydrogens is 336 g/mol. The van der Waals surface area contributed by atoms with Gasteiger partial charge in [0.15, 0.2) is 0 Å². The summed E-state index contributed by atoms with van der Waals surface area (Å²) in [5.74, 6) is 0.0974. The Balaban J connectivity index is 1.38. The van der Waals surface area contributed by atoms with Crippen LogP contribution in [-0.4, -0.2) is 47.3 Å². The Bertz CT molecular complexity index is 682. The van der Waals surface area contributed by atoms with Crippen LogP contribution < -0.4 is 10.6 Å². The summed E-state index contributed by atoms with van der Waals surface area (Å²) in [6, 6.07) is 6.32. The van der Waals surface area contributed by atoms with Crippen molar-refractivity contribution in [1.82, 2.24) is 10.2 Å². The standard InChI is InChI=1S/C18H24N4O4/c23-17(19-15-2-1-3-16(12-15)22(25)26)8-11-21-9-6-13(7-10-21)18(24)20-14-4-5-14/h1-3,12-14H,4-11H2,(H,19,23)(H,20,24). The van der Waals surface area contributed by atoms with Gasteiger partial charge in [-0.15, -0.1) is 0 Å². The molecule has 0 unspecified atom stereocenters. The molecule has 8 nitrogen and oxygen atoms in total. The van der Waals surface area contributed by atoms with E-state index in [-0.39, 0.29) is 23.4 Å². The molecule has 2 fully saturated rings. The molecule has 1 aliphatic heterocycles. The van der Waals surface area contributed by atoms with Crippen LogP contribution >= 0.6 is 0 Å². The zero-order chi connectivity index (χ0) is 18.5. The summed E-state index contributed by atoms with van der Waals surface area (Å²) in [5, 5.41) is 16.5. The van der Waals surface area contributed by atoms with Gasteiger partial charge in [-0.2, -0.15) is 0 Å². The van der Waals surface area contributed by atoms with E-state index < -0.39 is 4.92 Å². The Morgan fingerprint density at radius 2 is 1.92 bits per heavy atom. The number of nitro benzene ring substituents is 1. The first-order valence-corrected chi connectivity index (χ1v) is 9.08. The molecule has 1 aliphatic carbocycles. The van der Waals surface area contributed by atoms with Crippen molar-refractivity contribution in [2.75, 3.05) is 25.0 Å². The Hall–Kier alpha value is -2.48. The van der Waals surface area contributed by atoms with Gasteiger partial charge in [0.25, 0.3) is 5.69 Å². The number of benzene rings is 1. The Morgan fingerprint density at radius 3 is 2.58 bits per heavy atom. The third-order valence-corrected chi connectivity index (χ3v) is 4.88. The zero-order valence-electron chi connectivity index (χ0n) is 14.6. The summed E-state index contributed by atoms with van der Waals surface area (Å²) in [6.45, 7) is 2.25. The average molecular weight is 360 g/mol. The van der Waals surface area contributed by atoms with Gasteiger partial charge in [-0.3, -0.25) is 19.7 Å². The number of amides is 2. The van der Waals surface area contributed by atoms with Crippen LogP contribution in [0.25, 0.3) is 0 Å². The van der Waals surface area contributed by atoms with E-state index in [4.69, 9.17) is 0 Å². The number of rotatable bonds is 7. The van der Waals surface area contributed by atoms with Crippen molar-refractivity contribution >= 4 is 23.2 Å². The maximum Gasteiger partial charge on any atom is 0.271 e. The first-order chi connectivity index (χ1) is 12.5. The number of nitrogens with zero attached hydrogens (tertiary/aromatic N) is 2. The van der Waals surface area contributed by atoms with Gasteiger partial charge < -0.3 is 15.5 Å². The van der Waals surface area contributed by atoms with E-state index in [2.05, 4.69) is 15.5 Å². The van der Waals surface area contributed by atoms with Crippen LogP contribution in [-0.2, 0) is 9.59 Å². The number of hydrogen-bond donors (Lipinski definition) is 2. The third-order valence-electron chi connectivity index (χ3n) is 4.88. The lowest BCUT2D eigenvalue weighted by molar-refractivity contribution is -0.384. The minimum absolute atomic E-state index is 0.0469. The van der Waals surface area contributed by atoms with E-state index in [9.17, 15) is 19.7 Å². The lowest BCUT2D eigenvalue weighted by Crippen LogP contribution is -2.41. The largest absolute Gasteiger partial charge is 0.353 e. The fourth-order valence-corrected chi connectivity index (χ4v) is 3.15. The van der Waals surface area contributed by atoms with Gasteiger partial charge in [-0.05, 0) is 44.8 Å². The van der Waals surface area contributed by atoms with Crippen molar-refractivity contribution < 1.29 is 14.5 Å². The molecular formula is C18H24N4O4. The number of nitrogens with one attached hydrogen (secondary N) is 2. The second-order valence-electron chi connectivity index (χ2n) is 7.00. The van der Waals surface area contributed by atoms with E-state index in [1.165, 1.54) is 12.1 Å². The highest BCUT2D eigenvalue weighted by atomic mass is 16.6. The van der Waals surface area contributed by atoms with E-state index >= 15 is 0 Å². The molecule has 3 rings (SSSR count). The van der Waals surface area contributed by atoms with E-state index in [1.807, 2.05) is 0 Å². The van der Waals surface area contributed by atoms with Gasteiger partial charge in [-0.25, -0.2) is 0 Å². The van der Waals surface area contributed by atoms with Crippen LogP contribution in [0, 0.1) is 16.0 Å². The van der Waals surface area contributed by atoms with Gasteiger partial charge in [0.05, 0.1) is 4.92 Å².